The number of hydrogen-bond donors (Lipinski definition) is 0. The average molecular weight is 693 g/mol. The first kappa shape index (κ1) is 36.1. The number of esters is 5. The van der Waals surface area contributed by atoms with Gasteiger partial charge in [-0.2, -0.15) is 0 Å². The molecule has 0 saturated carbocycles. The van der Waals surface area contributed by atoms with Crippen LogP contribution >= 0.6 is 0 Å². The molecule has 0 radical (unpaired) electrons. The molecule has 3 aromatic carbocycles. The van der Waals surface area contributed by atoms with Gasteiger partial charge >= 0.3 is 29.8 Å². The van der Waals surface area contributed by atoms with Gasteiger partial charge in [-0.3, -0.25) is 9.59 Å². The molecule has 3 aromatic rings. The molecule has 0 amide bonds. The van der Waals surface area contributed by atoms with E-state index in [-0.39, 0.29) is 23.3 Å². The number of carbonyl (C=O) groups excluding carboxylic acids is 5. The maximum Gasteiger partial charge on any atom is 0.338 e. The van der Waals surface area contributed by atoms with Crippen molar-refractivity contribution in [3.05, 3.63) is 108 Å². The molecule has 0 bridgehead atoms. The highest BCUT2D eigenvalue weighted by Crippen LogP contribution is 2.33. The lowest BCUT2D eigenvalue weighted by Crippen LogP contribution is -2.58. The van der Waals surface area contributed by atoms with Crippen molar-refractivity contribution in [1.82, 2.24) is 0 Å². The van der Waals surface area contributed by atoms with Crippen molar-refractivity contribution in [2.24, 2.45) is 0 Å². The molecule has 14 heteroatoms. The molecule has 2 aliphatic heterocycles. The standard InChI is InChI=1S/C36H36O14/c1-21(37)45-28-27(20-44-35(42-3)30(28)46-22(2)38)48-36-31(50-34(41)25-17-11-6-12-18-25)29(49-33(40)24-15-9-5-10-16-24)26(47-36)19-43-32(39)23-13-7-4-8-14-23/h4-18,26-31,35-36H,19-20H2,1-3H3/t26-,27-,28+,29+,30+,31+,35-,36+/m0/s1. The Balaban J connectivity index is 1.48. The van der Waals surface area contributed by atoms with E-state index in [1.165, 1.54) is 31.4 Å². The van der Waals surface area contributed by atoms with Gasteiger partial charge in [0.1, 0.15) is 18.8 Å². The lowest BCUT2D eigenvalue weighted by atomic mass is 10.0. The van der Waals surface area contributed by atoms with E-state index in [1.54, 1.807) is 66.7 Å². The zero-order chi connectivity index (χ0) is 35.6. The van der Waals surface area contributed by atoms with Crippen LogP contribution in [0, 0.1) is 0 Å². The fourth-order valence-electron chi connectivity index (χ4n) is 5.44. The first-order valence-electron chi connectivity index (χ1n) is 15.7. The highest BCUT2D eigenvalue weighted by molar-refractivity contribution is 5.91. The Bertz CT molecular complexity index is 1620. The molecule has 264 valence electrons. The van der Waals surface area contributed by atoms with E-state index in [4.69, 9.17) is 42.6 Å². The number of rotatable bonds is 12. The van der Waals surface area contributed by atoms with Gasteiger partial charge in [0.05, 0.1) is 23.3 Å². The first-order valence-corrected chi connectivity index (χ1v) is 15.7. The predicted molar refractivity (Wildman–Crippen MR) is 169 cm³/mol. The van der Waals surface area contributed by atoms with Gasteiger partial charge < -0.3 is 42.6 Å². The molecule has 0 N–H and O–H groups in total. The summed E-state index contributed by atoms with van der Waals surface area (Å²) < 4.78 is 51.8. The summed E-state index contributed by atoms with van der Waals surface area (Å²) in [5, 5.41) is 0. The van der Waals surface area contributed by atoms with Crippen molar-refractivity contribution in [3.8, 4) is 0 Å². The normalized spacial score (nSPS) is 25.9. The Morgan fingerprint density at radius 3 is 1.56 bits per heavy atom. The van der Waals surface area contributed by atoms with E-state index >= 15 is 0 Å². The summed E-state index contributed by atoms with van der Waals surface area (Å²) >= 11 is 0. The molecule has 50 heavy (non-hydrogen) atoms. The third kappa shape index (κ3) is 9.09. The Hall–Kier alpha value is -5.15. The second-order valence-corrected chi connectivity index (χ2v) is 11.2. The molecule has 0 aliphatic carbocycles. The zero-order valence-corrected chi connectivity index (χ0v) is 27.4. The molecule has 2 aliphatic rings. The van der Waals surface area contributed by atoms with Crippen molar-refractivity contribution < 1.29 is 66.6 Å². The van der Waals surface area contributed by atoms with Crippen molar-refractivity contribution in [2.45, 2.75) is 63.1 Å². The molecule has 0 aromatic heterocycles. The SMILES string of the molecule is CO[C@H]1OC[C@H](O[C@H]2O[C@@H](COC(=O)c3ccccc3)[C@@H](OC(=O)c3ccccc3)[C@H]2OC(=O)c2ccccc2)[C@@H](OC(C)=O)[C@H]1OC(C)=O. The van der Waals surface area contributed by atoms with Gasteiger partial charge in [-0.15, -0.1) is 0 Å². The maximum absolute atomic E-state index is 13.4. The van der Waals surface area contributed by atoms with Crippen LogP contribution in [0.15, 0.2) is 91.0 Å². The molecule has 2 heterocycles. The lowest BCUT2D eigenvalue weighted by molar-refractivity contribution is -0.302. The van der Waals surface area contributed by atoms with E-state index in [9.17, 15) is 24.0 Å². The van der Waals surface area contributed by atoms with Crippen LogP contribution in [0.1, 0.15) is 44.9 Å². The molecule has 2 saturated heterocycles. The van der Waals surface area contributed by atoms with Crippen LogP contribution in [0.25, 0.3) is 0 Å². The topological polar surface area (TPSA) is 168 Å². The molecule has 0 unspecified atom stereocenters. The van der Waals surface area contributed by atoms with Crippen LogP contribution in [-0.4, -0.2) is 99.4 Å². The number of hydrogen-bond acceptors (Lipinski definition) is 14. The summed E-state index contributed by atoms with van der Waals surface area (Å²) in [6.45, 7) is 1.62. The Kier molecular flexibility index (Phi) is 12.3. The molecule has 8 atom stereocenters. The Morgan fingerprint density at radius 1 is 0.600 bits per heavy atom. The average Bonchev–Trinajstić information content (AvgIpc) is 3.43. The summed E-state index contributed by atoms with van der Waals surface area (Å²) in [5.41, 5.74) is 0.626. The number of benzene rings is 3. The summed E-state index contributed by atoms with van der Waals surface area (Å²) in [4.78, 5) is 63.9. The van der Waals surface area contributed by atoms with Crippen LogP contribution in [0.2, 0.25) is 0 Å². The first-order chi connectivity index (χ1) is 24.1. The van der Waals surface area contributed by atoms with E-state index in [2.05, 4.69) is 0 Å². The minimum atomic E-state index is -1.51. The molecular weight excluding hydrogens is 656 g/mol. The highest BCUT2D eigenvalue weighted by Gasteiger charge is 2.54. The summed E-state index contributed by atoms with van der Waals surface area (Å²) in [5.74, 6) is -3.70. The number of carbonyl (C=O) groups is 5. The molecule has 14 nitrogen and oxygen atoms in total. The Labute approximate surface area is 287 Å². The lowest BCUT2D eigenvalue weighted by Gasteiger charge is -2.41. The quantitative estimate of drug-likeness (QED) is 0.200. The summed E-state index contributed by atoms with van der Waals surface area (Å²) in [6, 6.07) is 24.3. The molecule has 5 rings (SSSR count). The minimum Gasteiger partial charge on any atom is -0.459 e. The molecule has 0 spiro atoms. The van der Waals surface area contributed by atoms with Gasteiger partial charge in [-0.1, -0.05) is 54.6 Å². The van der Waals surface area contributed by atoms with Crippen molar-refractivity contribution in [1.29, 1.82) is 0 Å². The fourth-order valence-corrected chi connectivity index (χ4v) is 5.44. The fraction of sp³-hybridized carbons (Fsp3) is 0.361. The van der Waals surface area contributed by atoms with Gasteiger partial charge in [0.15, 0.2) is 37.0 Å². The van der Waals surface area contributed by atoms with Crippen LogP contribution in [0.3, 0.4) is 0 Å². The van der Waals surface area contributed by atoms with E-state index in [1.807, 2.05) is 0 Å². The Morgan fingerprint density at radius 2 is 1.06 bits per heavy atom. The van der Waals surface area contributed by atoms with E-state index in [0.29, 0.717) is 0 Å². The van der Waals surface area contributed by atoms with Crippen LogP contribution in [0.4, 0.5) is 0 Å². The smallest absolute Gasteiger partial charge is 0.338 e. The second kappa shape index (κ2) is 17.0. The van der Waals surface area contributed by atoms with Gasteiger partial charge in [-0.05, 0) is 36.4 Å². The van der Waals surface area contributed by atoms with Gasteiger partial charge in [-0.25, -0.2) is 14.4 Å². The minimum absolute atomic E-state index is 0.176. The van der Waals surface area contributed by atoms with Crippen molar-refractivity contribution in [3.63, 3.8) is 0 Å². The third-order valence-electron chi connectivity index (χ3n) is 7.69. The zero-order valence-electron chi connectivity index (χ0n) is 27.4. The molecule has 2 fully saturated rings. The van der Waals surface area contributed by atoms with Crippen molar-refractivity contribution in [2.75, 3.05) is 20.3 Å². The maximum atomic E-state index is 13.4. The molecular formula is C36H36O14. The van der Waals surface area contributed by atoms with Crippen LogP contribution in [0.5, 0.6) is 0 Å². The van der Waals surface area contributed by atoms with Crippen LogP contribution < -0.4 is 0 Å². The van der Waals surface area contributed by atoms with E-state index < -0.39 is 85.7 Å². The third-order valence-corrected chi connectivity index (χ3v) is 7.69. The monoisotopic (exact) mass is 692 g/mol. The largest absolute Gasteiger partial charge is 0.459 e. The van der Waals surface area contributed by atoms with E-state index in [0.717, 1.165) is 13.8 Å². The number of ether oxygens (including phenoxy) is 9. The predicted octanol–water partition coefficient (Wildman–Crippen LogP) is 3.27. The summed E-state index contributed by atoms with van der Waals surface area (Å²) in [7, 11) is 1.32. The van der Waals surface area contributed by atoms with Crippen molar-refractivity contribution >= 4 is 29.8 Å². The van der Waals surface area contributed by atoms with Gasteiger partial charge in [0.25, 0.3) is 0 Å². The second-order valence-electron chi connectivity index (χ2n) is 11.2. The van der Waals surface area contributed by atoms with Gasteiger partial charge in [0, 0.05) is 21.0 Å². The van der Waals surface area contributed by atoms with Gasteiger partial charge in [0.2, 0.25) is 0 Å². The highest BCUT2D eigenvalue weighted by atomic mass is 16.8. The summed E-state index contributed by atoms with van der Waals surface area (Å²) in [6.07, 6.45) is -10.4. The number of methoxy groups -OCH3 is 1. The van der Waals surface area contributed by atoms with Crippen LogP contribution in [-0.2, 0) is 52.2 Å².